The lowest BCUT2D eigenvalue weighted by Gasteiger charge is -2.10. The fraction of sp³-hybridized carbons (Fsp3) is 0.250. The van der Waals surface area contributed by atoms with E-state index in [9.17, 15) is 10.2 Å². The number of benzene rings is 1. The van der Waals surface area contributed by atoms with Crippen molar-refractivity contribution in [1.82, 2.24) is 4.98 Å². The molecule has 21 heavy (non-hydrogen) atoms. The number of rotatable bonds is 4. The van der Waals surface area contributed by atoms with Crippen molar-refractivity contribution in [2.24, 2.45) is 4.99 Å². The second kappa shape index (κ2) is 6.70. The van der Waals surface area contributed by atoms with E-state index in [0.29, 0.717) is 21.8 Å². The molecule has 2 aromatic rings. The Morgan fingerprint density at radius 1 is 1.43 bits per heavy atom. The maximum absolute atomic E-state index is 10.1. The summed E-state index contributed by atoms with van der Waals surface area (Å²) in [6.07, 6.45) is 3.11. The molecule has 0 spiro atoms. The molecule has 0 aliphatic heterocycles. The van der Waals surface area contributed by atoms with E-state index >= 15 is 0 Å². The summed E-state index contributed by atoms with van der Waals surface area (Å²) in [5.41, 5.74) is 2.53. The Morgan fingerprint density at radius 2 is 2.19 bits per heavy atom. The molecule has 0 aliphatic rings. The Kier molecular flexibility index (Phi) is 4.94. The third kappa shape index (κ3) is 3.60. The molecule has 0 fully saturated rings. The summed E-state index contributed by atoms with van der Waals surface area (Å²) >= 11 is 5.97. The van der Waals surface area contributed by atoms with Crippen molar-refractivity contribution in [2.45, 2.75) is 26.5 Å². The number of hydrogen-bond donors (Lipinski definition) is 2. The number of aromatic nitrogens is 1. The summed E-state index contributed by atoms with van der Waals surface area (Å²) < 4.78 is 0. The van der Waals surface area contributed by atoms with Crippen molar-refractivity contribution in [3.63, 3.8) is 0 Å². The van der Waals surface area contributed by atoms with Crippen LogP contribution in [0.1, 0.15) is 35.3 Å². The molecular formula is C16H17ClN2O2. The Morgan fingerprint density at radius 3 is 2.86 bits per heavy atom. The molecule has 0 aliphatic carbocycles. The molecular weight excluding hydrogens is 288 g/mol. The topological polar surface area (TPSA) is 65.7 Å². The molecule has 1 atom stereocenters. The predicted octanol–water partition coefficient (Wildman–Crippen LogP) is 3.42. The van der Waals surface area contributed by atoms with Gasteiger partial charge in [0.05, 0.1) is 18.3 Å². The average molecular weight is 305 g/mol. The molecule has 4 nitrogen and oxygen atoms in total. The molecule has 2 N–H and O–H groups in total. The molecule has 0 bridgehead atoms. The van der Waals surface area contributed by atoms with E-state index < -0.39 is 0 Å². The summed E-state index contributed by atoms with van der Waals surface area (Å²) in [7, 11) is 0. The fourth-order valence-corrected chi connectivity index (χ4v) is 2.16. The van der Waals surface area contributed by atoms with E-state index in [4.69, 9.17) is 11.6 Å². The summed E-state index contributed by atoms with van der Waals surface area (Å²) in [5.74, 6) is 0.0450. The van der Waals surface area contributed by atoms with Gasteiger partial charge in [0.15, 0.2) is 0 Å². The Balaban J connectivity index is 2.31. The molecule has 2 rings (SSSR count). The van der Waals surface area contributed by atoms with Crippen molar-refractivity contribution in [1.29, 1.82) is 0 Å². The maximum atomic E-state index is 10.1. The number of aryl methyl sites for hydroxylation is 1. The van der Waals surface area contributed by atoms with Gasteiger partial charge in [-0.25, -0.2) is 0 Å². The molecule has 110 valence electrons. The molecule has 0 saturated heterocycles. The van der Waals surface area contributed by atoms with Gasteiger partial charge in [0.2, 0.25) is 0 Å². The number of aromatic hydroxyl groups is 1. The molecule has 0 unspecified atom stereocenters. The van der Waals surface area contributed by atoms with E-state index in [2.05, 4.69) is 9.98 Å². The highest BCUT2D eigenvalue weighted by molar-refractivity contribution is 6.30. The lowest BCUT2D eigenvalue weighted by molar-refractivity contribution is 0.280. The van der Waals surface area contributed by atoms with Crippen molar-refractivity contribution in [2.75, 3.05) is 0 Å². The summed E-state index contributed by atoms with van der Waals surface area (Å²) in [6, 6.07) is 7.37. The lowest BCUT2D eigenvalue weighted by Crippen LogP contribution is -1.99. The van der Waals surface area contributed by atoms with Crippen LogP contribution in [0.15, 0.2) is 35.5 Å². The van der Waals surface area contributed by atoms with Crippen molar-refractivity contribution < 1.29 is 10.2 Å². The number of aliphatic hydroxyl groups excluding tert-OH is 1. The SMILES string of the molecule is Cc1ncc(CO)c(C=N[C@@H](C)c2cccc(Cl)c2)c1O. The second-order valence-electron chi connectivity index (χ2n) is 4.80. The number of nitrogens with zero attached hydrogens (tertiary/aromatic N) is 2. The molecule has 1 heterocycles. The predicted molar refractivity (Wildman–Crippen MR) is 84.0 cm³/mol. The van der Waals surface area contributed by atoms with Gasteiger partial charge < -0.3 is 10.2 Å². The zero-order valence-electron chi connectivity index (χ0n) is 11.9. The summed E-state index contributed by atoms with van der Waals surface area (Å²) in [6.45, 7) is 3.44. The van der Waals surface area contributed by atoms with Gasteiger partial charge in [0.1, 0.15) is 5.75 Å². The Bertz CT molecular complexity index is 671. The van der Waals surface area contributed by atoms with Gasteiger partial charge >= 0.3 is 0 Å². The van der Waals surface area contributed by atoms with E-state index in [1.807, 2.05) is 31.2 Å². The highest BCUT2D eigenvalue weighted by atomic mass is 35.5. The minimum atomic E-state index is -0.201. The van der Waals surface area contributed by atoms with Gasteiger partial charge in [0, 0.05) is 28.6 Å². The lowest BCUT2D eigenvalue weighted by atomic mass is 10.1. The van der Waals surface area contributed by atoms with Gasteiger partial charge in [0.25, 0.3) is 0 Å². The number of hydrogen-bond acceptors (Lipinski definition) is 4. The van der Waals surface area contributed by atoms with Crippen LogP contribution in [0.4, 0.5) is 0 Å². The standard InChI is InChI=1S/C16H17ClN2O2/c1-10(12-4-3-5-14(17)6-12)19-8-15-13(9-20)7-18-11(2)16(15)21/h3-8,10,20-21H,9H2,1-2H3/t10-/m0/s1. The summed E-state index contributed by atoms with van der Waals surface area (Å²) in [4.78, 5) is 8.45. The fourth-order valence-electron chi connectivity index (χ4n) is 1.96. The van der Waals surface area contributed by atoms with E-state index in [0.717, 1.165) is 5.56 Å². The average Bonchev–Trinajstić information content (AvgIpc) is 2.48. The highest BCUT2D eigenvalue weighted by Gasteiger charge is 2.10. The van der Waals surface area contributed by atoms with Crippen LogP contribution < -0.4 is 0 Å². The number of aliphatic imine (C=N–C) groups is 1. The van der Waals surface area contributed by atoms with Gasteiger partial charge in [-0.3, -0.25) is 9.98 Å². The Labute approximate surface area is 128 Å². The minimum absolute atomic E-state index is 0.0450. The molecule has 1 aromatic heterocycles. The highest BCUT2D eigenvalue weighted by Crippen LogP contribution is 2.24. The first-order chi connectivity index (χ1) is 10.0. The molecule has 1 aromatic carbocycles. The van der Waals surface area contributed by atoms with E-state index in [1.54, 1.807) is 19.3 Å². The molecule has 0 saturated carbocycles. The smallest absolute Gasteiger partial charge is 0.145 e. The monoisotopic (exact) mass is 304 g/mol. The Hall–Kier alpha value is -1.91. The second-order valence-corrected chi connectivity index (χ2v) is 5.23. The van der Waals surface area contributed by atoms with Crippen LogP contribution in [-0.4, -0.2) is 21.4 Å². The molecule has 0 amide bonds. The quantitative estimate of drug-likeness (QED) is 0.851. The van der Waals surface area contributed by atoms with Crippen LogP contribution in [0.3, 0.4) is 0 Å². The van der Waals surface area contributed by atoms with Gasteiger partial charge in [-0.15, -0.1) is 0 Å². The normalized spacial score (nSPS) is 12.8. The van der Waals surface area contributed by atoms with Gasteiger partial charge in [-0.1, -0.05) is 23.7 Å². The molecule has 5 heteroatoms. The minimum Gasteiger partial charge on any atom is -0.505 e. The van der Waals surface area contributed by atoms with E-state index in [1.165, 1.54) is 0 Å². The first kappa shape index (κ1) is 15.5. The zero-order chi connectivity index (χ0) is 15.4. The van der Waals surface area contributed by atoms with Crippen LogP contribution in [0.2, 0.25) is 5.02 Å². The van der Waals surface area contributed by atoms with Crippen LogP contribution in [0.5, 0.6) is 5.75 Å². The van der Waals surface area contributed by atoms with Crippen LogP contribution in [-0.2, 0) is 6.61 Å². The first-order valence-electron chi connectivity index (χ1n) is 6.60. The van der Waals surface area contributed by atoms with Crippen molar-refractivity contribution >= 4 is 17.8 Å². The van der Waals surface area contributed by atoms with Gasteiger partial charge in [-0.05, 0) is 31.5 Å². The van der Waals surface area contributed by atoms with Crippen LogP contribution in [0, 0.1) is 6.92 Å². The number of aliphatic hydroxyl groups is 1. The third-order valence-electron chi connectivity index (χ3n) is 3.29. The van der Waals surface area contributed by atoms with Crippen molar-refractivity contribution in [3.8, 4) is 5.75 Å². The van der Waals surface area contributed by atoms with Gasteiger partial charge in [-0.2, -0.15) is 0 Å². The summed E-state index contributed by atoms with van der Waals surface area (Å²) in [5, 5.41) is 20.0. The van der Waals surface area contributed by atoms with Crippen molar-refractivity contribution in [3.05, 3.63) is 57.9 Å². The zero-order valence-corrected chi connectivity index (χ0v) is 12.7. The number of halogens is 1. The van der Waals surface area contributed by atoms with Crippen LogP contribution >= 0.6 is 11.6 Å². The van der Waals surface area contributed by atoms with Crippen LogP contribution in [0.25, 0.3) is 0 Å². The first-order valence-corrected chi connectivity index (χ1v) is 6.97. The third-order valence-corrected chi connectivity index (χ3v) is 3.52. The maximum Gasteiger partial charge on any atom is 0.145 e. The number of pyridine rings is 1. The van der Waals surface area contributed by atoms with E-state index in [-0.39, 0.29) is 18.4 Å². The largest absolute Gasteiger partial charge is 0.505 e. The molecule has 0 radical (unpaired) electrons.